The molecule has 0 aromatic heterocycles. The predicted molar refractivity (Wildman–Crippen MR) is 139 cm³/mol. The quantitative estimate of drug-likeness (QED) is 0.334. The topological polar surface area (TPSA) is 13.0 Å². The molecular weight excluding hydrogens is 484 g/mol. The van der Waals surface area contributed by atoms with E-state index in [0.29, 0.717) is 0 Å². The monoisotopic (exact) mass is 538 g/mol. The van der Waals surface area contributed by atoms with Crippen molar-refractivity contribution in [2.75, 3.05) is 28.2 Å². The molecule has 0 aromatic carbocycles. The SMILES string of the molecule is C[N](C1CCCCC1)[Zr]([N](C)C1CCCCC1)([N](C)C1CCCCC1)[N](C)C1CCCCC1. The molecule has 33 heavy (non-hydrogen) atoms. The van der Waals surface area contributed by atoms with Crippen LogP contribution in [0.2, 0.25) is 0 Å². The summed E-state index contributed by atoms with van der Waals surface area (Å²) in [5, 5.41) is 0. The van der Waals surface area contributed by atoms with Gasteiger partial charge < -0.3 is 0 Å². The summed E-state index contributed by atoms with van der Waals surface area (Å²) >= 11 is -3.31. The van der Waals surface area contributed by atoms with Gasteiger partial charge in [0, 0.05) is 0 Å². The van der Waals surface area contributed by atoms with Crippen LogP contribution in [-0.4, -0.2) is 63.7 Å². The second kappa shape index (κ2) is 12.8. The molecule has 0 unspecified atom stereocenters. The van der Waals surface area contributed by atoms with Crippen molar-refractivity contribution < 1.29 is 21.4 Å². The fraction of sp³-hybridized carbons (Fsp3) is 1.00. The van der Waals surface area contributed by atoms with Gasteiger partial charge in [-0.3, -0.25) is 0 Å². The van der Waals surface area contributed by atoms with Gasteiger partial charge in [-0.2, -0.15) is 0 Å². The van der Waals surface area contributed by atoms with E-state index in [1.165, 1.54) is 128 Å². The van der Waals surface area contributed by atoms with Crippen LogP contribution >= 0.6 is 0 Å². The Labute approximate surface area is 212 Å². The first-order valence-corrected chi connectivity index (χ1v) is 19.4. The Bertz CT molecular complexity index is 461. The molecule has 4 aliphatic carbocycles. The molecule has 4 aliphatic rings. The standard InChI is InChI=1S/4C7H14N.Zr/c4*1-8-7-5-3-2-4-6-7;/h4*7H,2-6H2,1H3;/q4*-1;+4. The minimum atomic E-state index is -3.31. The Morgan fingerprint density at radius 3 is 0.697 bits per heavy atom. The second-order valence-electron chi connectivity index (χ2n) is 12.2. The minimum absolute atomic E-state index is 0.803. The Balaban J connectivity index is 1.75. The van der Waals surface area contributed by atoms with Gasteiger partial charge in [0.05, 0.1) is 0 Å². The van der Waals surface area contributed by atoms with Crippen molar-refractivity contribution in [2.24, 2.45) is 0 Å². The summed E-state index contributed by atoms with van der Waals surface area (Å²) in [6.07, 6.45) is 28.9. The maximum absolute atomic E-state index is 3.31. The molecule has 4 nitrogen and oxygen atoms in total. The molecule has 4 fully saturated rings. The molecule has 0 saturated heterocycles. The van der Waals surface area contributed by atoms with E-state index in [9.17, 15) is 0 Å². The number of hydrogen-bond donors (Lipinski definition) is 0. The van der Waals surface area contributed by atoms with Crippen molar-refractivity contribution in [1.82, 2.24) is 11.4 Å². The van der Waals surface area contributed by atoms with Gasteiger partial charge in [0.1, 0.15) is 0 Å². The zero-order chi connectivity index (χ0) is 23.3. The van der Waals surface area contributed by atoms with Crippen LogP contribution in [0.5, 0.6) is 0 Å². The van der Waals surface area contributed by atoms with Gasteiger partial charge in [-0.15, -0.1) is 0 Å². The van der Waals surface area contributed by atoms with Crippen LogP contribution in [0.3, 0.4) is 0 Å². The van der Waals surface area contributed by atoms with Crippen molar-refractivity contribution in [1.29, 1.82) is 0 Å². The molecule has 0 spiro atoms. The molecule has 0 bridgehead atoms. The molecule has 192 valence electrons. The molecule has 0 atom stereocenters. The van der Waals surface area contributed by atoms with Crippen LogP contribution in [0, 0.1) is 0 Å². The summed E-state index contributed by atoms with van der Waals surface area (Å²) in [6, 6.07) is 3.21. The molecule has 0 aromatic rings. The van der Waals surface area contributed by atoms with E-state index < -0.39 is 21.4 Å². The Morgan fingerprint density at radius 2 is 0.515 bits per heavy atom. The normalized spacial score (nSPS) is 26.2. The molecular formula is C28H56N4Zr. The van der Waals surface area contributed by atoms with Crippen molar-refractivity contribution >= 4 is 0 Å². The summed E-state index contributed by atoms with van der Waals surface area (Å²) in [5.74, 6) is 0. The van der Waals surface area contributed by atoms with E-state index in [-0.39, 0.29) is 0 Å². The van der Waals surface area contributed by atoms with Crippen molar-refractivity contribution in [3.63, 3.8) is 0 Å². The van der Waals surface area contributed by atoms with E-state index in [1.807, 2.05) is 0 Å². The van der Waals surface area contributed by atoms with Crippen LogP contribution in [0.4, 0.5) is 0 Å². The van der Waals surface area contributed by atoms with Gasteiger partial charge in [0.15, 0.2) is 0 Å². The number of nitrogens with zero attached hydrogens (tertiary/aromatic N) is 4. The Kier molecular flexibility index (Phi) is 10.4. The predicted octanol–water partition coefficient (Wildman–Crippen LogP) is 6.86. The third-order valence-corrected chi connectivity index (χ3v) is 23.3. The zero-order valence-corrected chi connectivity index (χ0v) is 25.2. The van der Waals surface area contributed by atoms with E-state index >= 15 is 0 Å². The van der Waals surface area contributed by atoms with Crippen LogP contribution in [0.1, 0.15) is 128 Å². The van der Waals surface area contributed by atoms with E-state index in [1.54, 1.807) is 0 Å². The summed E-state index contributed by atoms with van der Waals surface area (Å²) in [5.41, 5.74) is 0. The van der Waals surface area contributed by atoms with Gasteiger partial charge in [-0.25, -0.2) is 0 Å². The first-order valence-electron chi connectivity index (χ1n) is 15.0. The van der Waals surface area contributed by atoms with Crippen LogP contribution < -0.4 is 0 Å². The van der Waals surface area contributed by atoms with E-state index in [0.717, 1.165) is 24.2 Å². The molecule has 0 amide bonds. The third-order valence-electron chi connectivity index (χ3n) is 10.4. The van der Waals surface area contributed by atoms with Crippen molar-refractivity contribution in [3.05, 3.63) is 0 Å². The summed E-state index contributed by atoms with van der Waals surface area (Å²) in [6.45, 7) is 0. The average Bonchev–Trinajstić information content (AvgIpc) is 2.90. The Morgan fingerprint density at radius 1 is 0.333 bits per heavy atom. The summed E-state index contributed by atoms with van der Waals surface area (Å²) in [4.78, 5) is 0. The molecule has 4 saturated carbocycles. The van der Waals surface area contributed by atoms with Gasteiger partial charge >= 0.3 is 214 Å². The average molecular weight is 540 g/mol. The van der Waals surface area contributed by atoms with Crippen molar-refractivity contribution in [2.45, 2.75) is 153 Å². The molecule has 0 aliphatic heterocycles. The Hall–Kier alpha value is 0.723. The second-order valence-corrected chi connectivity index (χ2v) is 22.1. The molecule has 5 heteroatoms. The summed E-state index contributed by atoms with van der Waals surface area (Å²) in [7, 11) is 10.5. The van der Waals surface area contributed by atoms with E-state index in [4.69, 9.17) is 0 Å². The van der Waals surface area contributed by atoms with Crippen molar-refractivity contribution in [3.8, 4) is 0 Å². The molecule has 0 radical (unpaired) electrons. The van der Waals surface area contributed by atoms with Gasteiger partial charge in [0.25, 0.3) is 0 Å². The molecule has 0 N–H and O–H groups in total. The first-order chi connectivity index (χ1) is 16.1. The van der Waals surface area contributed by atoms with Crippen LogP contribution in [0.15, 0.2) is 0 Å². The fourth-order valence-electron chi connectivity index (χ4n) is 8.35. The maximum atomic E-state index is 3.12. The van der Waals surface area contributed by atoms with Gasteiger partial charge in [0.2, 0.25) is 0 Å². The number of hydrogen-bond acceptors (Lipinski definition) is 4. The van der Waals surface area contributed by atoms with E-state index in [2.05, 4.69) is 39.6 Å². The summed E-state index contributed by atoms with van der Waals surface area (Å²) < 4.78 is 12.5. The number of rotatable bonds is 8. The molecule has 4 rings (SSSR count). The van der Waals surface area contributed by atoms with Crippen LogP contribution in [0.25, 0.3) is 0 Å². The third kappa shape index (κ3) is 5.84. The van der Waals surface area contributed by atoms with Gasteiger partial charge in [-0.1, -0.05) is 0 Å². The van der Waals surface area contributed by atoms with Gasteiger partial charge in [-0.05, 0) is 0 Å². The van der Waals surface area contributed by atoms with Crippen LogP contribution in [-0.2, 0) is 21.4 Å². The first kappa shape index (κ1) is 26.8. The fourth-order valence-corrected chi connectivity index (χ4v) is 23.0. The zero-order valence-electron chi connectivity index (χ0n) is 22.7. The molecule has 0 heterocycles.